The summed E-state index contributed by atoms with van der Waals surface area (Å²) >= 11 is 0. The van der Waals surface area contributed by atoms with E-state index < -0.39 is 17.4 Å². The van der Waals surface area contributed by atoms with Crippen LogP contribution < -0.4 is 0 Å². The molecule has 6 nitrogen and oxygen atoms in total. The van der Waals surface area contributed by atoms with Crippen molar-refractivity contribution in [2.24, 2.45) is 5.16 Å². The van der Waals surface area contributed by atoms with Gasteiger partial charge in [0, 0.05) is 13.5 Å². The van der Waals surface area contributed by atoms with Crippen molar-refractivity contribution in [2.45, 2.75) is 40.2 Å². The van der Waals surface area contributed by atoms with Crippen LogP contribution in [0.15, 0.2) is 5.16 Å². The fourth-order valence-corrected chi connectivity index (χ4v) is 0.922. The quantitative estimate of drug-likeness (QED) is 0.227. The molecule has 0 fully saturated rings. The minimum absolute atomic E-state index is 0.174. The summed E-state index contributed by atoms with van der Waals surface area (Å²) in [4.78, 5) is 27.7. The predicted molar refractivity (Wildman–Crippen MR) is 66.4 cm³/mol. The normalized spacial score (nSPS) is 12.2. The van der Waals surface area contributed by atoms with E-state index in [-0.39, 0.29) is 12.3 Å². The monoisotopic (exact) mass is 259 g/mol. The zero-order valence-corrected chi connectivity index (χ0v) is 11.6. The number of carbonyl (C=O) groups excluding carboxylic acids is 2. The number of carbonyl (C=O) groups is 2. The Morgan fingerprint density at radius 2 is 1.78 bits per heavy atom. The number of ether oxygens (including phenoxy) is 2. The Labute approximate surface area is 107 Å². The van der Waals surface area contributed by atoms with Gasteiger partial charge in [-0.05, 0) is 27.7 Å². The van der Waals surface area contributed by atoms with Gasteiger partial charge in [-0.3, -0.25) is 4.79 Å². The summed E-state index contributed by atoms with van der Waals surface area (Å²) in [5.74, 6) is -1.29. The molecule has 0 atom stereocenters. The lowest BCUT2D eigenvalue weighted by atomic mass is 10.2. The van der Waals surface area contributed by atoms with Gasteiger partial charge in [0.2, 0.25) is 5.71 Å². The Balaban J connectivity index is 4.42. The van der Waals surface area contributed by atoms with E-state index in [9.17, 15) is 9.59 Å². The van der Waals surface area contributed by atoms with Gasteiger partial charge in [-0.2, -0.15) is 0 Å². The summed E-state index contributed by atoms with van der Waals surface area (Å²) in [6.45, 7) is 9.29. The average Bonchev–Trinajstić information content (AvgIpc) is 2.19. The standard InChI is InChI=1S/C12H21NO5/c1-6-16-7-8-17-13-10(9(2)14)11(15)18-12(3,4)5/h6-8H2,1-5H3/b13-10+. The highest BCUT2D eigenvalue weighted by atomic mass is 16.6. The molecule has 0 amide bonds. The molecule has 6 heteroatoms. The van der Waals surface area contributed by atoms with Gasteiger partial charge in [-0.25, -0.2) is 4.79 Å². The van der Waals surface area contributed by atoms with Gasteiger partial charge >= 0.3 is 5.97 Å². The number of Topliss-reactive ketones (excluding diaryl/α,β-unsaturated/α-hetero) is 1. The molecule has 0 aliphatic heterocycles. The van der Waals surface area contributed by atoms with Crippen molar-refractivity contribution in [2.75, 3.05) is 19.8 Å². The van der Waals surface area contributed by atoms with Crippen LogP contribution >= 0.6 is 0 Å². The largest absolute Gasteiger partial charge is 0.455 e. The van der Waals surface area contributed by atoms with Gasteiger partial charge in [0.1, 0.15) is 12.2 Å². The molecule has 0 heterocycles. The Bertz CT molecular complexity index is 317. The first-order valence-corrected chi connectivity index (χ1v) is 5.80. The first-order chi connectivity index (χ1) is 8.28. The summed E-state index contributed by atoms with van der Waals surface area (Å²) in [5, 5.41) is 3.49. The highest BCUT2D eigenvalue weighted by Gasteiger charge is 2.24. The van der Waals surface area contributed by atoms with E-state index in [1.807, 2.05) is 6.92 Å². The second-order valence-electron chi connectivity index (χ2n) is 4.53. The summed E-state index contributed by atoms with van der Waals surface area (Å²) in [6, 6.07) is 0. The van der Waals surface area contributed by atoms with Crippen molar-refractivity contribution in [3.63, 3.8) is 0 Å². The van der Waals surface area contributed by atoms with Crippen LogP contribution in [-0.4, -0.2) is 42.9 Å². The van der Waals surface area contributed by atoms with Crippen LogP contribution in [0.5, 0.6) is 0 Å². The second-order valence-corrected chi connectivity index (χ2v) is 4.53. The van der Waals surface area contributed by atoms with Crippen LogP contribution in [0.1, 0.15) is 34.6 Å². The van der Waals surface area contributed by atoms with Crippen molar-refractivity contribution in [1.82, 2.24) is 0 Å². The summed E-state index contributed by atoms with van der Waals surface area (Å²) < 4.78 is 10.1. The maximum atomic E-state index is 11.6. The number of esters is 1. The molecule has 0 radical (unpaired) electrons. The molecule has 0 saturated carbocycles. The number of hydrogen-bond acceptors (Lipinski definition) is 6. The molecular formula is C12H21NO5. The summed E-state index contributed by atoms with van der Waals surface area (Å²) in [5.41, 5.74) is -1.03. The fourth-order valence-electron chi connectivity index (χ4n) is 0.922. The lowest BCUT2D eigenvalue weighted by Gasteiger charge is -2.19. The molecule has 0 unspecified atom stereocenters. The van der Waals surface area contributed by atoms with E-state index >= 15 is 0 Å². The summed E-state index contributed by atoms with van der Waals surface area (Å²) in [7, 11) is 0. The average molecular weight is 259 g/mol. The molecule has 0 N–H and O–H groups in total. The molecule has 0 aromatic heterocycles. The van der Waals surface area contributed by atoms with E-state index in [2.05, 4.69) is 5.16 Å². The maximum absolute atomic E-state index is 11.6. The molecule has 0 rings (SSSR count). The molecule has 18 heavy (non-hydrogen) atoms. The van der Waals surface area contributed by atoms with E-state index in [0.29, 0.717) is 13.2 Å². The van der Waals surface area contributed by atoms with Crippen LogP contribution in [0.3, 0.4) is 0 Å². The van der Waals surface area contributed by atoms with Gasteiger partial charge in [0.05, 0.1) is 6.61 Å². The van der Waals surface area contributed by atoms with Crippen molar-refractivity contribution < 1.29 is 23.9 Å². The van der Waals surface area contributed by atoms with Gasteiger partial charge in [0.15, 0.2) is 5.78 Å². The first-order valence-electron chi connectivity index (χ1n) is 5.80. The topological polar surface area (TPSA) is 74.2 Å². The van der Waals surface area contributed by atoms with Gasteiger partial charge in [-0.1, -0.05) is 5.16 Å². The van der Waals surface area contributed by atoms with Crippen LogP contribution in [0.25, 0.3) is 0 Å². The fraction of sp³-hybridized carbons (Fsp3) is 0.750. The number of rotatable bonds is 7. The minimum Gasteiger partial charge on any atom is -0.455 e. The van der Waals surface area contributed by atoms with Gasteiger partial charge in [0.25, 0.3) is 0 Å². The highest BCUT2D eigenvalue weighted by molar-refractivity contribution is 6.63. The van der Waals surface area contributed by atoms with Crippen molar-refractivity contribution in [3.05, 3.63) is 0 Å². The predicted octanol–water partition coefficient (Wildman–Crippen LogP) is 1.33. The molecule has 0 saturated heterocycles. The van der Waals surface area contributed by atoms with Gasteiger partial charge in [-0.15, -0.1) is 0 Å². The Hall–Kier alpha value is -1.43. The molecule has 0 aliphatic rings. The van der Waals surface area contributed by atoms with Crippen LogP contribution in [0.4, 0.5) is 0 Å². The van der Waals surface area contributed by atoms with Crippen LogP contribution in [-0.2, 0) is 23.9 Å². The zero-order chi connectivity index (χ0) is 14.2. The highest BCUT2D eigenvalue weighted by Crippen LogP contribution is 2.07. The van der Waals surface area contributed by atoms with E-state index in [1.165, 1.54) is 6.92 Å². The van der Waals surface area contributed by atoms with Gasteiger partial charge < -0.3 is 14.3 Å². The SMILES string of the molecule is CCOCCO/N=C(\C(C)=O)C(=O)OC(C)(C)C. The summed E-state index contributed by atoms with van der Waals surface area (Å²) in [6.07, 6.45) is 0. The number of ketones is 1. The Kier molecular flexibility index (Phi) is 7.19. The third kappa shape index (κ3) is 7.78. The van der Waals surface area contributed by atoms with Crippen molar-refractivity contribution >= 4 is 17.5 Å². The number of oxime groups is 1. The zero-order valence-electron chi connectivity index (χ0n) is 11.6. The number of nitrogens with zero attached hydrogens (tertiary/aromatic N) is 1. The molecule has 0 aromatic rings. The first kappa shape index (κ1) is 16.6. The molecule has 104 valence electrons. The number of hydrogen-bond donors (Lipinski definition) is 0. The van der Waals surface area contributed by atoms with E-state index in [4.69, 9.17) is 14.3 Å². The van der Waals surface area contributed by atoms with Crippen molar-refractivity contribution in [3.8, 4) is 0 Å². The smallest absolute Gasteiger partial charge is 0.364 e. The van der Waals surface area contributed by atoms with Crippen molar-refractivity contribution in [1.29, 1.82) is 0 Å². The minimum atomic E-state index is -0.786. The lowest BCUT2D eigenvalue weighted by molar-refractivity contribution is -0.146. The maximum Gasteiger partial charge on any atom is 0.364 e. The molecule has 0 spiro atoms. The lowest BCUT2D eigenvalue weighted by Crippen LogP contribution is -2.32. The third-order valence-electron chi connectivity index (χ3n) is 1.60. The van der Waals surface area contributed by atoms with Crippen LogP contribution in [0.2, 0.25) is 0 Å². The van der Waals surface area contributed by atoms with E-state index in [0.717, 1.165) is 0 Å². The third-order valence-corrected chi connectivity index (χ3v) is 1.60. The Morgan fingerprint density at radius 3 is 2.22 bits per heavy atom. The Morgan fingerprint density at radius 1 is 1.17 bits per heavy atom. The second kappa shape index (κ2) is 7.81. The van der Waals surface area contributed by atoms with Crippen LogP contribution in [0, 0.1) is 0 Å². The molecule has 0 aliphatic carbocycles. The molecule has 0 aromatic carbocycles. The molecular weight excluding hydrogens is 238 g/mol. The van der Waals surface area contributed by atoms with E-state index in [1.54, 1.807) is 20.8 Å². The molecule has 0 bridgehead atoms.